The summed E-state index contributed by atoms with van der Waals surface area (Å²) in [7, 11) is 1.50. The van der Waals surface area contributed by atoms with Crippen molar-refractivity contribution >= 4 is 51.7 Å². The minimum absolute atomic E-state index is 0.119. The smallest absolute Gasteiger partial charge is 0.359 e. The minimum atomic E-state index is -0.574. The van der Waals surface area contributed by atoms with Crippen LogP contribution in [-0.4, -0.2) is 28.1 Å². The number of benzene rings is 2. The molecule has 0 N–H and O–H groups in total. The minimum Gasteiger partial charge on any atom is -0.460 e. The number of fused-ring (bicyclic) bond motifs is 1. The first-order chi connectivity index (χ1) is 12.5. The predicted octanol–water partition coefficient (Wildman–Crippen LogP) is 4.19. The summed E-state index contributed by atoms with van der Waals surface area (Å²) in [6.07, 6.45) is 0. The van der Waals surface area contributed by atoms with Gasteiger partial charge in [0.1, 0.15) is 6.61 Å². The van der Waals surface area contributed by atoms with Gasteiger partial charge in [-0.2, -0.15) is 5.10 Å². The summed E-state index contributed by atoms with van der Waals surface area (Å²) in [6.45, 7) is 0.172. The van der Waals surface area contributed by atoms with Crippen molar-refractivity contribution < 1.29 is 9.53 Å². The molecule has 0 bridgehead atoms. The number of carbonyl (C=O) groups is 1. The molecule has 1 aromatic heterocycles. The number of carbonyl (C=O) groups excluding carboxylic acids is 1. The highest BCUT2D eigenvalue weighted by Crippen LogP contribution is 2.29. The van der Waals surface area contributed by atoms with Crippen LogP contribution in [0.5, 0.6) is 0 Å². The van der Waals surface area contributed by atoms with Crippen LogP contribution in [0.4, 0.5) is 0 Å². The number of ether oxygens (including phenoxy) is 1. The highest BCUT2D eigenvalue weighted by Gasteiger charge is 2.16. The number of aromatic nitrogens is 2. The van der Waals surface area contributed by atoms with Crippen molar-refractivity contribution in [3.8, 4) is 0 Å². The summed E-state index contributed by atoms with van der Waals surface area (Å²) in [5.41, 5.74) is -0.142. The van der Waals surface area contributed by atoms with E-state index >= 15 is 0 Å². The van der Waals surface area contributed by atoms with Gasteiger partial charge in [0.05, 0.1) is 10.4 Å². The molecule has 0 aliphatic carbocycles. The maximum absolute atomic E-state index is 12.4. The molecule has 3 aromatic rings. The van der Waals surface area contributed by atoms with Crippen LogP contribution in [0.1, 0.15) is 10.5 Å². The van der Waals surface area contributed by atoms with Crippen molar-refractivity contribution in [3.63, 3.8) is 0 Å². The van der Waals surface area contributed by atoms with E-state index in [4.69, 9.17) is 27.9 Å². The Morgan fingerprint density at radius 3 is 2.69 bits per heavy atom. The van der Waals surface area contributed by atoms with Crippen LogP contribution in [0.25, 0.3) is 10.8 Å². The lowest BCUT2D eigenvalue weighted by Gasteiger charge is -2.09. The second kappa shape index (κ2) is 8.12. The molecule has 0 fully saturated rings. The van der Waals surface area contributed by atoms with E-state index in [2.05, 4.69) is 5.10 Å². The van der Waals surface area contributed by atoms with Crippen molar-refractivity contribution in [2.75, 3.05) is 12.4 Å². The van der Waals surface area contributed by atoms with Gasteiger partial charge in [-0.05, 0) is 24.3 Å². The van der Waals surface area contributed by atoms with E-state index < -0.39 is 5.97 Å². The maximum atomic E-state index is 12.4. The highest BCUT2D eigenvalue weighted by molar-refractivity contribution is 7.99. The normalized spacial score (nSPS) is 10.9. The molecule has 0 spiro atoms. The Labute approximate surface area is 163 Å². The molecule has 2 aromatic carbocycles. The molecule has 26 heavy (non-hydrogen) atoms. The Morgan fingerprint density at radius 1 is 1.19 bits per heavy atom. The third-order valence-corrected chi connectivity index (χ3v) is 5.31. The van der Waals surface area contributed by atoms with Gasteiger partial charge in [-0.1, -0.05) is 41.4 Å². The van der Waals surface area contributed by atoms with Crippen LogP contribution in [0.15, 0.2) is 52.2 Å². The van der Waals surface area contributed by atoms with E-state index in [-0.39, 0.29) is 17.9 Å². The van der Waals surface area contributed by atoms with Crippen molar-refractivity contribution in [2.24, 2.45) is 7.05 Å². The first-order valence-corrected chi connectivity index (χ1v) is 9.42. The zero-order chi connectivity index (χ0) is 18.7. The molecule has 0 unspecified atom stereocenters. The quantitative estimate of drug-likeness (QED) is 0.359. The molecule has 0 aliphatic heterocycles. The van der Waals surface area contributed by atoms with Crippen molar-refractivity contribution in [1.82, 2.24) is 9.78 Å². The third kappa shape index (κ3) is 4.03. The highest BCUT2D eigenvalue weighted by atomic mass is 35.5. The zero-order valence-electron chi connectivity index (χ0n) is 13.7. The summed E-state index contributed by atoms with van der Waals surface area (Å²) >= 11 is 13.5. The summed E-state index contributed by atoms with van der Waals surface area (Å²) < 4.78 is 6.45. The van der Waals surface area contributed by atoms with E-state index in [0.29, 0.717) is 26.6 Å². The lowest BCUT2D eigenvalue weighted by molar-refractivity contribution is 0.0523. The van der Waals surface area contributed by atoms with Crippen molar-refractivity contribution in [1.29, 1.82) is 0 Å². The fourth-order valence-electron chi connectivity index (χ4n) is 2.39. The summed E-state index contributed by atoms with van der Waals surface area (Å²) in [5.74, 6) is -0.0650. The van der Waals surface area contributed by atoms with Gasteiger partial charge in [-0.25, -0.2) is 9.48 Å². The standard InChI is InChI=1S/C18H14Cl2N2O3S/c1-22-17(23)13-5-3-2-4-12(13)16(21-22)18(24)25-8-9-26-15-10-11(19)6-7-14(15)20/h2-7,10H,8-9H2,1H3. The SMILES string of the molecule is Cn1nc(C(=O)OCCSc2cc(Cl)ccc2Cl)c2ccccc2c1=O. The van der Waals surface area contributed by atoms with Gasteiger partial charge in [0, 0.05) is 28.1 Å². The average Bonchev–Trinajstić information content (AvgIpc) is 2.64. The van der Waals surface area contributed by atoms with E-state index in [1.54, 1.807) is 42.5 Å². The Balaban J connectivity index is 1.69. The number of esters is 1. The van der Waals surface area contributed by atoms with Gasteiger partial charge < -0.3 is 4.74 Å². The summed E-state index contributed by atoms with van der Waals surface area (Å²) in [6, 6.07) is 12.0. The molecule has 3 rings (SSSR count). The predicted molar refractivity (Wildman–Crippen MR) is 104 cm³/mol. The number of hydrogen-bond donors (Lipinski definition) is 0. The maximum Gasteiger partial charge on any atom is 0.359 e. The number of rotatable bonds is 5. The van der Waals surface area contributed by atoms with Crippen molar-refractivity contribution in [2.45, 2.75) is 4.90 Å². The molecule has 1 heterocycles. The first kappa shape index (κ1) is 18.8. The molecular formula is C18H14Cl2N2O3S. The lowest BCUT2D eigenvalue weighted by atomic mass is 10.1. The monoisotopic (exact) mass is 408 g/mol. The van der Waals surface area contributed by atoms with Gasteiger partial charge >= 0.3 is 5.97 Å². The molecule has 0 saturated carbocycles. The van der Waals surface area contributed by atoms with Crippen LogP contribution in [0, 0.1) is 0 Å². The largest absolute Gasteiger partial charge is 0.460 e. The molecule has 8 heteroatoms. The topological polar surface area (TPSA) is 61.2 Å². The van der Waals surface area contributed by atoms with Crippen molar-refractivity contribution in [3.05, 3.63) is 68.6 Å². The van der Waals surface area contributed by atoms with E-state index in [9.17, 15) is 9.59 Å². The fraction of sp³-hybridized carbons (Fsp3) is 0.167. The Kier molecular flexibility index (Phi) is 5.86. The third-order valence-electron chi connectivity index (χ3n) is 3.62. The lowest BCUT2D eigenvalue weighted by Crippen LogP contribution is -2.24. The van der Waals surface area contributed by atoms with Crippen LogP contribution >= 0.6 is 35.0 Å². The summed E-state index contributed by atoms with van der Waals surface area (Å²) in [4.78, 5) is 25.3. The van der Waals surface area contributed by atoms with Gasteiger partial charge in [-0.15, -0.1) is 11.8 Å². The molecule has 0 aliphatic rings. The number of halogens is 2. The summed E-state index contributed by atoms with van der Waals surface area (Å²) in [5, 5.41) is 6.14. The first-order valence-electron chi connectivity index (χ1n) is 7.68. The molecule has 0 amide bonds. The Morgan fingerprint density at radius 2 is 1.92 bits per heavy atom. The van der Waals surface area contributed by atoms with Gasteiger partial charge in [0.15, 0.2) is 5.69 Å². The number of hydrogen-bond acceptors (Lipinski definition) is 5. The van der Waals surface area contributed by atoms with E-state index in [1.807, 2.05) is 0 Å². The molecule has 134 valence electrons. The zero-order valence-corrected chi connectivity index (χ0v) is 16.1. The van der Waals surface area contributed by atoms with Gasteiger partial charge in [0.2, 0.25) is 0 Å². The Bertz CT molecular complexity index is 1040. The number of thioether (sulfide) groups is 1. The van der Waals surface area contributed by atoms with E-state index in [0.717, 1.165) is 9.58 Å². The second-order valence-corrected chi connectivity index (χ2v) is 7.36. The average molecular weight is 409 g/mol. The molecule has 0 atom stereocenters. The van der Waals surface area contributed by atoms with E-state index in [1.165, 1.54) is 18.8 Å². The van der Waals surface area contributed by atoms with Crippen LogP contribution in [-0.2, 0) is 11.8 Å². The Hall–Kier alpha value is -2.02. The van der Waals surface area contributed by atoms with Gasteiger partial charge in [0.25, 0.3) is 5.56 Å². The van der Waals surface area contributed by atoms with Gasteiger partial charge in [-0.3, -0.25) is 4.79 Å². The molecule has 5 nitrogen and oxygen atoms in total. The number of aryl methyl sites for hydroxylation is 1. The van der Waals surface area contributed by atoms with Crippen LogP contribution < -0.4 is 5.56 Å². The second-order valence-electron chi connectivity index (χ2n) is 5.38. The fourth-order valence-corrected chi connectivity index (χ4v) is 3.71. The number of nitrogens with zero attached hydrogens (tertiary/aromatic N) is 2. The molecule has 0 radical (unpaired) electrons. The van der Waals surface area contributed by atoms with Crippen LogP contribution in [0.3, 0.4) is 0 Å². The van der Waals surface area contributed by atoms with Crippen LogP contribution in [0.2, 0.25) is 10.0 Å². The molecular weight excluding hydrogens is 395 g/mol. The molecule has 0 saturated heterocycles.